The minimum atomic E-state index is 0.393. The number of piperidine rings is 1. The van der Waals surface area contributed by atoms with Crippen molar-refractivity contribution in [2.45, 2.75) is 39.3 Å². The second-order valence-corrected chi connectivity index (χ2v) is 5.76. The zero-order chi connectivity index (χ0) is 12.3. The van der Waals surface area contributed by atoms with Crippen molar-refractivity contribution in [3.05, 3.63) is 12.2 Å². The highest BCUT2D eigenvalue weighted by Crippen LogP contribution is 2.20. The predicted molar refractivity (Wildman–Crippen MR) is 72.2 cm³/mol. The summed E-state index contributed by atoms with van der Waals surface area (Å²) in [7, 11) is 0. The number of likely N-dealkylation sites (tertiary alicyclic amines) is 1. The third-order valence-electron chi connectivity index (χ3n) is 3.32. The van der Waals surface area contributed by atoms with E-state index in [0.29, 0.717) is 6.04 Å². The number of rotatable bonds is 4. The molecule has 1 aromatic rings. The van der Waals surface area contributed by atoms with Gasteiger partial charge in [0.2, 0.25) is 0 Å². The third-order valence-corrected chi connectivity index (χ3v) is 4.24. The molecule has 5 heteroatoms. The Morgan fingerprint density at radius 3 is 3.06 bits per heavy atom. The minimum Gasteiger partial charge on any atom is -0.296 e. The van der Waals surface area contributed by atoms with Gasteiger partial charge in [0.25, 0.3) is 0 Å². The molecule has 1 aliphatic rings. The van der Waals surface area contributed by atoms with E-state index in [9.17, 15) is 0 Å². The standard InChI is InChI=1S/C12H21BrN4/c1-10(2)17-12(14-9-15-17)8-16-5-3-4-11(6-13)7-16/h9-11H,3-8H2,1-2H3. The van der Waals surface area contributed by atoms with Gasteiger partial charge >= 0.3 is 0 Å². The van der Waals surface area contributed by atoms with Gasteiger partial charge in [-0.1, -0.05) is 15.9 Å². The number of nitrogens with zero attached hydrogens (tertiary/aromatic N) is 4. The molecule has 17 heavy (non-hydrogen) atoms. The third kappa shape index (κ3) is 3.28. The van der Waals surface area contributed by atoms with Crippen LogP contribution in [0.1, 0.15) is 38.6 Å². The van der Waals surface area contributed by atoms with E-state index in [4.69, 9.17) is 0 Å². The Balaban J connectivity index is 1.98. The monoisotopic (exact) mass is 300 g/mol. The second kappa shape index (κ2) is 5.96. The molecule has 0 aliphatic carbocycles. The molecule has 1 aromatic heterocycles. The zero-order valence-corrected chi connectivity index (χ0v) is 12.2. The molecule has 2 rings (SSSR count). The van der Waals surface area contributed by atoms with Crippen molar-refractivity contribution in [2.75, 3.05) is 18.4 Å². The van der Waals surface area contributed by atoms with Crippen molar-refractivity contribution in [1.29, 1.82) is 0 Å². The van der Waals surface area contributed by atoms with Crippen LogP contribution in [-0.4, -0.2) is 38.1 Å². The quantitative estimate of drug-likeness (QED) is 0.801. The number of hydrogen-bond donors (Lipinski definition) is 0. The number of hydrogen-bond acceptors (Lipinski definition) is 3. The fourth-order valence-corrected chi connectivity index (χ4v) is 2.97. The van der Waals surface area contributed by atoms with Gasteiger partial charge in [-0.15, -0.1) is 0 Å². The van der Waals surface area contributed by atoms with E-state index < -0.39 is 0 Å². The van der Waals surface area contributed by atoms with E-state index in [1.54, 1.807) is 6.33 Å². The van der Waals surface area contributed by atoms with Crippen molar-refractivity contribution >= 4 is 15.9 Å². The average Bonchev–Trinajstić information content (AvgIpc) is 2.77. The summed E-state index contributed by atoms with van der Waals surface area (Å²) >= 11 is 3.59. The summed E-state index contributed by atoms with van der Waals surface area (Å²) in [4.78, 5) is 6.88. The number of aromatic nitrogens is 3. The van der Waals surface area contributed by atoms with Crippen LogP contribution in [0.4, 0.5) is 0 Å². The van der Waals surface area contributed by atoms with Crippen LogP contribution in [-0.2, 0) is 6.54 Å². The average molecular weight is 301 g/mol. The maximum atomic E-state index is 4.38. The van der Waals surface area contributed by atoms with Gasteiger partial charge in [0.15, 0.2) is 0 Å². The first-order valence-electron chi connectivity index (χ1n) is 6.37. The highest BCUT2D eigenvalue weighted by Gasteiger charge is 2.20. The van der Waals surface area contributed by atoms with Crippen LogP contribution in [0.25, 0.3) is 0 Å². The van der Waals surface area contributed by atoms with E-state index in [2.05, 4.69) is 44.8 Å². The molecule has 96 valence electrons. The maximum absolute atomic E-state index is 4.38. The Kier molecular flexibility index (Phi) is 4.56. The summed E-state index contributed by atoms with van der Waals surface area (Å²) in [5.41, 5.74) is 0. The van der Waals surface area contributed by atoms with Gasteiger partial charge in [-0.25, -0.2) is 9.67 Å². The lowest BCUT2D eigenvalue weighted by Crippen LogP contribution is -2.36. The Hall–Kier alpha value is -0.420. The van der Waals surface area contributed by atoms with Crippen LogP contribution < -0.4 is 0 Å². The summed E-state index contributed by atoms with van der Waals surface area (Å²) in [5, 5.41) is 5.40. The molecular weight excluding hydrogens is 280 g/mol. The fraction of sp³-hybridized carbons (Fsp3) is 0.833. The van der Waals surface area contributed by atoms with Crippen molar-refractivity contribution in [3.63, 3.8) is 0 Å². The van der Waals surface area contributed by atoms with Crippen LogP contribution in [0.2, 0.25) is 0 Å². The van der Waals surface area contributed by atoms with Crippen molar-refractivity contribution in [1.82, 2.24) is 19.7 Å². The van der Waals surface area contributed by atoms with Gasteiger partial charge in [-0.3, -0.25) is 4.90 Å². The minimum absolute atomic E-state index is 0.393. The summed E-state index contributed by atoms with van der Waals surface area (Å²) in [6.45, 7) is 7.59. The Morgan fingerprint density at radius 2 is 2.35 bits per heavy atom. The van der Waals surface area contributed by atoms with E-state index in [0.717, 1.165) is 23.6 Å². The lowest BCUT2D eigenvalue weighted by molar-refractivity contribution is 0.172. The van der Waals surface area contributed by atoms with Gasteiger partial charge in [-0.05, 0) is 39.2 Å². The molecule has 2 heterocycles. The molecule has 0 bridgehead atoms. The smallest absolute Gasteiger partial charge is 0.141 e. The normalized spacial score (nSPS) is 22.2. The predicted octanol–water partition coefficient (Wildman–Crippen LogP) is 2.47. The summed E-state index contributed by atoms with van der Waals surface area (Å²) in [6, 6.07) is 0.393. The molecule has 0 saturated carbocycles. The van der Waals surface area contributed by atoms with Crippen LogP contribution in [0.15, 0.2) is 6.33 Å². The van der Waals surface area contributed by atoms with Crippen LogP contribution >= 0.6 is 15.9 Å². The molecule has 4 nitrogen and oxygen atoms in total. The highest BCUT2D eigenvalue weighted by molar-refractivity contribution is 9.09. The van der Waals surface area contributed by atoms with Gasteiger partial charge < -0.3 is 0 Å². The summed E-state index contributed by atoms with van der Waals surface area (Å²) in [5.74, 6) is 1.88. The molecule has 1 unspecified atom stereocenters. The Bertz CT molecular complexity index is 350. The van der Waals surface area contributed by atoms with Gasteiger partial charge in [0.05, 0.1) is 6.54 Å². The SMILES string of the molecule is CC(C)n1ncnc1CN1CCCC(CBr)C1. The van der Waals surface area contributed by atoms with Crippen molar-refractivity contribution in [3.8, 4) is 0 Å². The molecule has 1 atom stereocenters. The molecule has 1 fully saturated rings. The Labute approximate surface area is 112 Å². The van der Waals surface area contributed by atoms with Gasteiger partial charge in [0.1, 0.15) is 12.2 Å². The zero-order valence-electron chi connectivity index (χ0n) is 10.6. The first-order valence-corrected chi connectivity index (χ1v) is 7.49. The van der Waals surface area contributed by atoms with Crippen molar-refractivity contribution < 1.29 is 0 Å². The first kappa shape index (κ1) is 13.0. The summed E-state index contributed by atoms with van der Waals surface area (Å²) < 4.78 is 2.03. The molecule has 0 N–H and O–H groups in total. The lowest BCUT2D eigenvalue weighted by atomic mass is 10.0. The second-order valence-electron chi connectivity index (χ2n) is 5.11. The van der Waals surface area contributed by atoms with Crippen LogP contribution in [0, 0.1) is 5.92 Å². The van der Waals surface area contributed by atoms with Gasteiger partial charge in [0, 0.05) is 17.9 Å². The highest BCUT2D eigenvalue weighted by atomic mass is 79.9. The van der Waals surface area contributed by atoms with E-state index in [1.165, 1.54) is 25.9 Å². The van der Waals surface area contributed by atoms with Crippen LogP contribution in [0.5, 0.6) is 0 Å². The molecule has 1 saturated heterocycles. The molecule has 1 aliphatic heterocycles. The van der Waals surface area contributed by atoms with Crippen LogP contribution in [0.3, 0.4) is 0 Å². The molecule has 0 radical (unpaired) electrons. The topological polar surface area (TPSA) is 34.0 Å². The first-order chi connectivity index (χ1) is 8.20. The van der Waals surface area contributed by atoms with E-state index >= 15 is 0 Å². The van der Waals surface area contributed by atoms with E-state index in [1.807, 2.05) is 4.68 Å². The largest absolute Gasteiger partial charge is 0.296 e. The lowest BCUT2D eigenvalue weighted by Gasteiger charge is -2.31. The van der Waals surface area contributed by atoms with Gasteiger partial charge in [-0.2, -0.15) is 5.10 Å². The van der Waals surface area contributed by atoms with E-state index in [-0.39, 0.29) is 0 Å². The maximum Gasteiger partial charge on any atom is 0.141 e. The number of halogens is 1. The number of alkyl halides is 1. The fourth-order valence-electron chi connectivity index (χ4n) is 2.44. The molecule has 0 spiro atoms. The molecular formula is C12H21BrN4. The molecule has 0 aromatic carbocycles. The van der Waals surface area contributed by atoms with Crippen molar-refractivity contribution in [2.24, 2.45) is 5.92 Å². The summed E-state index contributed by atoms with van der Waals surface area (Å²) in [6.07, 6.45) is 4.31. The Morgan fingerprint density at radius 1 is 1.53 bits per heavy atom. The molecule has 0 amide bonds.